The lowest BCUT2D eigenvalue weighted by Crippen LogP contribution is -2.20. The first-order valence-corrected chi connectivity index (χ1v) is 5.71. The second-order valence-corrected chi connectivity index (χ2v) is 4.24. The van der Waals surface area contributed by atoms with Crippen LogP contribution in [0, 0.1) is 16.0 Å². The minimum Gasteiger partial charge on any atom is -0.490 e. The molecular formula is C12H14N2O4. The van der Waals surface area contributed by atoms with Gasteiger partial charge in [0.2, 0.25) is 5.91 Å². The van der Waals surface area contributed by atoms with E-state index in [1.165, 1.54) is 13.2 Å². The van der Waals surface area contributed by atoms with Crippen molar-refractivity contribution < 1.29 is 14.5 Å². The first-order valence-electron chi connectivity index (χ1n) is 5.71. The number of carbonyl (C=O) groups excluding carboxylic acids is 1. The predicted octanol–water partition coefficient (Wildman–Crippen LogP) is 1.28. The molecule has 96 valence electrons. The number of ether oxygens (including phenoxy) is 1. The summed E-state index contributed by atoms with van der Waals surface area (Å²) in [4.78, 5) is 21.9. The van der Waals surface area contributed by atoms with Crippen LogP contribution in [0.25, 0.3) is 0 Å². The highest BCUT2D eigenvalue weighted by molar-refractivity contribution is 5.80. The van der Waals surface area contributed by atoms with Crippen molar-refractivity contribution in [1.29, 1.82) is 0 Å². The third kappa shape index (κ3) is 2.42. The van der Waals surface area contributed by atoms with Gasteiger partial charge in [-0.1, -0.05) is 6.07 Å². The Hall–Kier alpha value is -2.11. The van der Waals surface area contributed by atoms with Gasteiger partial charge in [-0.3, -0.25) is 14.9 Å². The highest BCUT2D eigenvalue weighted by Gasteiger charge is 2.25. The van der Waals surface area contributed by atoms with E-state index in [1.807, 2.05) is 0 Å². The maximum absolute atomic E-state index is 11.5. The molecule has 1 aromatic carbocycles. The minimum absolute atomic E-state index is 0.0217. The number of benzene rings is 1. The van der Waals surface area contributed by atoms with E-state index in [1.54, 1.807) is 12.1 Å². The number of methoxy groups -OCH3 is 1. The van der Waals surface area contributed by atoms with E-state index in [0.29, 0.717) is 13.0 Å². The van der Waals surface area contributed by atoms with E-state index >= 15 is 0 Å². The Bertz CT molecular complexity index is 487. The highest BCUT2D eigenvalue weighted by Crippen LogP contribution is 2.29. The van der Waals surface area contributed by atoms with Crippen LogP contribution in [0.4, 0.5) is 5.69 Å². The summed E-state index contributed by atoms with van der Waals surface area (Å²) in [5, 5.41) is 13.6. The van der Waals surface area contributed by atoms with Crippen LogP contribution in [-0.4, -0.2) is 24.5 Å². The number of hydrogen-bond acceptors (Lipinski definition) is 4. The molecule has 6 heteroatoms. The van der Waals surface area contributed by atoms with Crippen LogP contribution in [-0.2, 0) is 11.2 Å². The van der Waals surface area contributed by atoms with Gasteiger partial charge >= 0.3 is 5.69 Å². The summed E-state index contributed by atoms with van der Waals surface area (Å²) in [6, 6.07) is 4.81. The van der Waals surface area contributed by atoms with E-state index in [4.69, 9.17) is 4.74 Å². The fraction of sp³-hybridized carbons (Fsp3) is 0.417. The molecule has 0 radical (unpaired) electrons. The molecule has 0 saturated carbocycles. The average molecular weight is 250 g/mol. The monoisotopic (exact) mass is 250 g/mol. The molecule has 2 rings (SSSR count). The van der Waals surface area contributed by atoms with Gasteiger partial charge in [0.1, 0.15) is 0 Å². The summed E-state index contributed by atoms with van der Waals surface area (Å²) in [5.41, 5.74) is 0.720. The van der Waals surface area contributed by atoms with Gasteiger partial charge in [0, 0.05) is 18.5 Å². The van der Waals surface area contributed by atoms with Crippen LogP contribution in [0.15, 0.2) is 18.2 Å². The van der Waals surface area contributed by atoms with Gasteiger partial charge in [0.25, 0.3) is 0 Å². The smallest absolute Gasteiger partial charge is 0.311 e. The Labute approximate surface area is 104 Å². The van der Waals surface area contributed by atoms with Crippen LogP contribution in [0.5, 0.6) is 5.75 Å². The topological polar surface area (TPSA) is 81.5 Å². The molecule has 1 aliphatic heterocycles. The number of rotatable bonds is 4. The first-order chi connectivity index (χ1) is 8.61. The molecule has 0 aliphatic carbocycles. The zero-order chi connectivity index (χ0) is 13.1. The number of nitro benzene ring substituents is 1. The van der Waals surface area contributed by atoms with Crippen LogP contribution >= 0.6 is 0 Å². The van der Waals surface area contributed by atoms with Crippen LogP contribution < -0.4 is 10.1 Å². The summed E-state index contributed by atoms with van der Waals surface area (Å²) in [6.07, 6.45) is 1.30. The van der Waals surface area contributed by atoms with Crippen LogP contribution in [0.3, 0.4) is 0 Å². The Morgan fingerprint density at radius 2 is 2.33 bits per heavy atom. The quantitative estimate of drug-likeness (QED) is 0.644. The van der Waals surface area contributed by atoms with Crippen molar-refractivity contribution in [3.63, 3.8) is 0 Å². The molecule has 1 saturated heterocycles. The summed E-state index contributed by atoms with van der Waals surface area (Å²) >= 11 is 0. The standard InChI is InChI=1S/C12H14N2O4/c1-18-11-3-2-8(7-10(11)14(16)17)6-9-4-5-13-12(9)15/h2-3,7,9H,4-6H2,1H3,(H,13,15). The summed E-state index contributed by atoms with van der Waals surface area (Å²) in [7, 11) is 1.40. The second-order valence-electron chi connectivity index (χ2n) is 4.24. The van der Waals surface area contributed by atoms with Crippen molar-refractivity contribution in [2.24, 2.45) is 5.92 Å². The number of hydrogen-bond donors (Lipinski definition) is 1. The maximum atomic E-state index is 11.5. The van der Waals surface area contributed by atoms with Gasteiger partial charge in [-0.25, -0.2) is 0 Å². The molecule has 1 heterocycles. The maximum Gasteiger partial charge on any atom is 0.311 e. The lowest BCUT2D eigenvalue weighted by Gasteiger charge is -2.08. The average Bonchev–Trinajstić information content (AvgIpc) is 2.75. The highest BCUT2D eigenvalue weighted by atomic mass is 16.6. The molecule has 18 heavy (non-hydrogen) atoms. The number of carbonyl (C=O) groups is 1. The lowest BCUT2D eigenvalue weighted by molar-refractivity contribution is -0.385. The third-order valence-electron chi connectivity index (χ3n) is 3.08. The zero-order valence-electron chi connectivity index (χ0n) is 10.0. The van der Waals surface area contributed by atoms with E-state index < -0.39 is 4.92 Å². The zero-order valence-corrected chi connectivity index (χ0v) is 10.0. The molecule has 1 atom stereocenters. The van der Waals surface area contributed by atoms with Crippen LogP contribution in [0.2, 0.25) is 0 Å². The van der Waals surface area contributed by atoms with E-state index in [-0.39, 0.29) is 23.3 Å². The van der Waals surface area contributed by atoms with Gasteiger partial charge in [0.05, 0.1) is 12.0 Å². The van der Waals surface area contributed by atoms with Gasteiger partial charge in [-0.05, 0) is 24.5 Å². The normalized spacial score (nSPS) is 18.5. The fourth-order valence-corrected chi connectivity index (χ4v) is 2.13. The van der Waals surface area contributed by atoms with Crippen molar-refractivity contribution in [3.8, 4) is 5.75 Å². The Balaban J connectivity index is 2.21. The Morgan fingerprint density at radius 3 is 2.89 bits per heavy atom. The number of amides is 1. The minimum atomic E-state index is -0.475. The van der Waals surface area contributed by atoms with Gasteiger partial charge in [-0.15, -0.1) is 0 Å². The second kappa shape index (κ2) is 5.03. The van der Waals surface area contributed by atoms with Crippen molar-refractivity contribution in [2.45, 2.75) is 12.8 Å². The molecule has 6 nitrogen and oxygen atoms in total. The molecule has 1 N–H and O–H groups in total. The van der Waals surface area contributed by atoms with Crippen LogP contribution in [0.1, 0.15) is 12.0 Å². The molecule has 0 spiro atoms. The molecule has 1 aromatic rings. The molecule has 1 aliphatic rings. The number of nitrogens with one attached hydrogen (secondary N) is 1. The summed E-state index contributed by atoms with van der Waals surface area (Å²) in [6.45, 7) is 0.682. The SMILES string of the molecule is COc1ccc(CC2CCNC2=O)cc1[N+](=O)[O-]. The van der Waals surface area contributed by atoms with Gasteiger partial charge in [0.15, 0.2) is 5.75 Å². The third-order valence-corrected chi connectivity index (χ3v) is 3.08. The van der Waals surface area contributed by atoms with E-state index in [2.05, 4.69) is 5.32 Å². The van der Waals surface area contributed by atoms with E-state index in [9.17, 15) is 14.9 Å². The van der Waals surface area contributed by atoms with Crippen molar-refractivity contribution >= 4 is 11.6 Å². The summed E-state index contributed by atoms with van der Waals surface area (Å²) < 4.78 is 4.93. The summed E-state index contributed by atoms with van der Waals surface area (Å²) in [5.74, 6) is 0.172. The predicted molar refractivity (Wildman–Crippen MR) is 64.5 cm³/mol. The van der Waals surface area contributed by atoms with Crippen molar-refractivity contribution in [1.82, 2.24) is 5.32 Å². The molecule has 1 amide bonds. The lowest BCUT2D eigenvalue weighted by atomic mass is 9.97. The molecule has 1 fully saturated rings. The van der Waals surface area contributed by atoms with Gasteiger partial charge < -0.3 is 10.1 Å². The largest absolute Gasteiger partial charge is 0.490 e. The molecular weight excluding hydrogens is 236 g/mol. The first kappa shape index (κ1) is 12.3. The van der Waals surface area contributed by atoms with Crippen molar-refractivity contribution in [2.75, 3.05) is 13.7 Å². The molecule has 0 aromatic heterocycles. The Kier molecular flexibility index (Phi) is 3.45. The van der Waals surface area contributed by atoms with Gasteiger partial charge in [-0.2, -0.15) is 0 Å². The molecule has 1 unspecified atom stereocenters. The van der Waals surface area contributed by atoms with E-state index in [0.717, 1.165) is 12.0 Å². The Morgan fingerprint density at radius 1 is 1.56 bits per heavy atom. The van der Waals surface area contributed by atoms with Crippen molar-refractivity contribution in [3.05, 3.63) is 33.9 Å². The number of nitro groups is 1. The molecule has 0 bridgehead atoms. The number of nitrogens with zero attached hydrogens (tertiary/aromatic N) is 1. The fourth-order valence-electron chi connectivity index (χ4n) is 2.13.